The van der Waals surface area contributed by atoms with Gasteiger partial charge in [-0.1, -0.05) is 44.0 Å². The van der Waals surface area contributed by atoms with Gasteiger partial charge in [0.1, 0.15) is 0 Å². The van der Waals surface area contributed by atoms with E-state index in [1.165, 1.54) is 12.3 Å². The van der Waals surface area contributed by atoms with Crippen LogP contribution in [0.15, 0.2) is 12.3 Å². The second kappa shape index (κ2) is 8.89. The van der Waals surface area contributed by atoms with Crippen molar-refractivity contribution in [2.24, 2.45) is 11.3 Å². The van der Waals surface area contributed by atoms with Gasteiger partial charge in [-0.25, -0.2) is 4.98 Å². The molecule has 1 aliphatic rings. The summed E-state index contributed by atoms with van der Waals surface area (Å²) in [6.45, 7) is 6.20. The number of aromatic nitrogens is 1. The van der Waals surface area contributed by atoms with Crippen LogP contribution in [0.3, 0.4) is 0 Å². The number of hydrogen-bond donors (Lipinski definition) is 1. The molecule has 0 aliphatic carbocycles. The van der Waals surface area contributed by atoms with E-state index in [2.05, 4.69) is 10.3 Å². The fourth-order valence-electron chi connectivity index (χ4n) is 2.72. The van der Waals surface area contributed by atoms with Crippen molar-refractivity contribution < 1.29 is 19.1 Å². The van der Waals surface area contributed by atoms with Crippen molar-refractivity contribution in [3.05, 3.63) is 22.3 Å². The Labute approximate surface area is 168 Å². The first-order valence-electron chi connectivity index (χ1n) is 8.65. The third-order valence-corrected chi connectivity index (χ3v) is 4.66. The molecule has 0 radical (unpaired) electrons. The van der Waals surface area contributed by atoms with Crippen molar-refractivity contribution in [1.29, 1.82) is 0 Å². The SMILES string of the molecule is CC(C)(C)C(=O)N1CCC(C(=O)OCC(=O)Nc2ncc(Cl)cc2Cl)CC1. The fourth-order valence-corrected chi connectivity index (χ4v) is 3.15. The molecule has 2 rings (SSSR count). The van der Waals surface area contributed by atoms with E-state index in [-0.39, 0.29) is 22.7 Å². The highest BCUT2D eigenvalue weighted by atomic mass is 35.5. The zero-order valence-corrected chi connectivity index (χ0v) is 17.1. The third kappa shape index (κ3) is 6.07. The molecule has 148 valence electrons. The number of esters is 1. The average Bonchev–Trinajstić information content (AvgIpc) is 2.61. The summed E-state index contributed by atoms with van der Waals surface area (Å²) in [6, 6.07) is 1.45. The number of carbonyl (C=O) groups excluding carboxylic acids is 3. The van der Waals surface area contributed by atoms with E-state index in [0.717, 1.165) is 0 Å². The first-order chi connectivity index (χ1) is 12.6. The summed E-state index contributed by atoms with van der Waals surface area (Å²) in [6.07, 6.45) is 2.39. The number of carbonyl (C=O) groups is 3. The Morgan fingerprint density at radius 1 is 1.26 bits per heavy atom. The molecule has 9 heteroatoms. The smallest absolute Gasteiger partial charge is 0.309 e. The van der Waals surface area contributed by atoms with Crippen LogP contribution in [0.2, 0.25) is 10.0 Å². The van der Waals surface area contributed by atoms with Crippen LogP contribution in [0.4, 0.5) is 5.82 Å². The fraction of sp³-hybridized carbons (Fsp3) is 0.556. The highest BCUT2D eigenvalue weighted by Gasteiger charge is 2.33. The molecule has 0 spiro atoms. The zero-order chi connectivity index (χ0) is 20.2. The average molecular weight is 416 g/mol. The molecule has 0 aromatic carbocycles. The van der Waals surface area contributed by atoms with E-state index in [0.29, 0.717) is 31.0 Å². The minimum absolute atomic E-state index is 0.0704. The summed E-state index contributed by atoms with van der Waals surface area (Å²) in [4.78, 5) is 42.0. The minimum atomic E-state index is -0.541. The van der Waals surface area contributed by atoms with Gasteiger partial charge in [-0.3, -0.25) is 14.4 Å². The standard InChI is InChI=1S/C18H23Cl2N3O4/c1-18(2,3)17(26)23-6-4-11(5-7-23)16(25)27-10-14(24)22-15-13(20)8-12(19)9-21-15/h8-9,11H,4-7,10H2,1-3H3,(H,21,22,24). The van der Waals surface area contributed by atoms with E-state index in [4.69, 9.17) is 27.9 Å². The Hall–Kier alpha value is -1.86. The lowest BCUT2D eigenvalue weighted by Gasteiger charge is -2.34. The predicted molar refractivity (Wildman–Crippen MR) is 103 cm³/mol. The molecule has 27 heavy (non-hydrogen) atoms. The third-order valence-electron chi connectivity index (χ3n) is 4.17. The summed E-state index contributed by atoms with van der Waals surface area (Å²) < 4.78 is 5.09. The second-order valence-electron chi connectivity index (χ2n) is 7.46. The molecule has 0 unspecified atom stereocenters. The number of amides is 2. The Bertz CT molecular complexity index is 726. The zero-order valence-electron chi connectivity index (χ0n) is 15.6. The number of piperidine rings is 1. The van der Waals surface area contributed by atoms with Crippen LogP contribution in [-0.2, 0) is 19.1 Å². The van der Waals surface area contributed by atoms with Crippen LogP contribution in [0.25, 0.3) is 0 Å². The maximum Gasteiger partial charge on any atom is 0.309 e. The van der Waals surface area contributed by atoms with Gasteiger partial charge in [-0.2, -0.15) is 0 Å². The van der Waals surface area contributed by atoms with Crippen molar-refractivity contribution in [2.75, 3.05) is 25.0 Å². The summed E-state index contributed by atoms with van der Waals surface area (Å²) in [7, 11) is 0. The topological polar surface area (TPSA) is 88.6 Å². The number of ether oxygens (including phenoxy) is 1. The Balaban J connectivity index is 1.78. The van der Waals surface area contributed by atoms with Crippen LogP contribution >= 0.6 is 23.2 Å². The highest BCUT2D eigenvalue weighted by Crippen LogP contribution is 2.25. The number of nitrogens with one attached hydrogen (secondary N) is 1. The Morgan fingerprint density at radius 3 is 2.44 bits per heavy atom. The number of nitrogens with zero attached hydrogens (tertiary/aromatic N) is 2. The molecule has 0 atom stereocenters. The van der Waals surface area contributed by atoms with E-state index in [9.17, 15) is 14.4 Å². The van der Waals surface area contributed by atoms with Gasteiger partial charge >= 0.3 is 5.97 Å². The van der Waals surface area contributed by atoms with Crippen LogP contribution in [-0.4, -0.2) is 47.4 Å². The van der Waals surface area contributed by atoms with Gasteiger partial charge in [0, 0.05) is 24.7 Å². The molecule has 1 aromatic heterocycles. The summed E-state index contributed by atoms with van der Waals surface area (Å²) >= 11 is 11.7. The summed E-state index contributed by atoms with van der Waals surface area (Å²) in [5.74, 6) is -1.08. The number of pyridine rings is 1. The lowest BCUT2D eigenvalue weighted by Crippen LogP contribution is -2.45. The van der Waals surface area contributed by atoms with E-state index in [1.54, 1.807) is 4.90 Å². The number of rotatable bonds is 4. The van der Waals surface area contributed by atoms with Gasteiger partial charge in [-0.15, -0.1) is 0 Å². The van der Waals surface area contributed by atoms with Gasteiger partial charge in [0.15, 0.2) is 12.4 Å². The molecule has 7 nitrogen and oxygen atoms in total. The van der Waals surface area contributed by atoms with Gasteiger partial charge in [0.25, 0.3) is 5.91 Å². The van der Waals surface area contributed by atoms with Crippen LogP contribution in [0, 0.1) is 11.3 Å². The molecule has 1 saturated heterocycles. The lowest BCUT2D eigenvalue weighted by molar-refractivity contribution is -0.155. The number of halogens is 2. The number of likely N-dealkylation sites (tertiary alicyclic amines) is 1. The van der Waals surface area contributed by atoms with Crippen molar-refractivity contribution in [3.63, 3.8) is 0 Å². The van der Waals surface area contributed by atoms with Crippen LogP contribution in [0.5, 0.6) is 0 Å². The first kappa shape index (κ1) is 21.4. The molecule has 2 heterocycles. The van der Waals surface area contributed by atoms with Crippen LogP contribution < -0.4 is 5.32 Å². The molecule has 0 bridgehead atoms. The predicted octanol–water partition coefficient (Wildman–Crippen LogP) is 3.15. The molecular formula is C18H23Cl2N3O4. The largest absolute Gasteiger partial charge is 0.455 e. The van der Waals surface area contributed by atoms with Crippen molar-refractivity contribution in [3.8, 4) is 0 Å². The molecule has 2 amide bonds. The van der Waals surface area contributed by atoms with E-state index >= 15 is 0 Å². The van der Waals surface area contributed by atoms with Crippen molar-refractivity contribution >= 4 is 46.8 Å². The Kier molecular flexibility index (Phi) is 7.06. The molecule has 1 aromatic rings. The minimum Gasteiger partial charge on any atom is -0.455 e. The second-order valence-corrected chi connectivity index (χ2v) is 8.30. The molecule has 1 aliphatic heterocycles. The summed E-state index contributed by atoms with van der Waals surface area (Å²) in [5.41, 5.74) is -0.442. The normalized spacial score (nSPS) is 15.4. The van der Waals surface area contributed by atoms with Crippen molar-refractivity contribution in [1.82, 2.24) is 9.88 Å². The quantitative estimate of drug-likeness (QED) is 0.762. The lowest BCUT2D eigenvalue weighted by atomic mass is 9.91. The van der Waals surface area contributed by atoms with Gasteiger partial charge in [-0.05, 0) is 18.9 Å². The molecule has 1 N–H and O–H groups in total. The van der Waals surface area contributed by atoms with E-state index in [1.807, 2.05) is 20.8 Å². The monoisotopic (exact) mass is 415 g/mol. The molecule has 1 fully saturated rings. The summed E-state index contributed by atoms with van der Waals surface area (Å²) in [5, 5.41) is 3.00. The van der Waals surface area contributed by atoms with Gasteiger partial charge in [0.05, 0.1) is 16.0 Å². The first-order valence-corrected chi connectivity index (χ1v) is 9.40. The van der Waals surface area contributed by atoms with Gasteiger partial charge < -0.3 is 15.0 Å². The van der Waals surface area contributed by atoms with Gasteiger partial charge in [0.2, 0.25) is 5.91 Å². The number of anilines is 1. The Morgan fingerprint density at radius 2 is 1.89 bits per heavy atom. The maximum absolute atomic E-state index is 12.3. The van der Waals surface area contributed by atoms with Crippen molar-refractivity contribution in [2.45, 2.75) is 33.6 Å². The highest BCUT2D eigenvalue weighted by molar-refractivity contribution is 6.36. The molecular weight excluding hydrogens is 393 g/mol. The molecule has 0 saturated carbocycles. The maximum atomic E-state index is 12.3. The van der Waals surface area contributed by atoms with Crippen LogP contribution in [0.1, 0.15) is 33.6 Å². The van der Waals surface area contributed by atoms with E-state index < -0.39 is 23.9 Å². The number of hydrogen-bond acceptors (Lipinski definition) is 5.